The molecule has 0 atom stereocenters. The smallest absolute Gasteiger partial charge is 0.106 e. The van der Waals surface area contributed by atoms with Crippen molar-refractivity contribution in [2.45, 2.75) is 52.4 Å². The Morgan fingerprint density at radius 3 is 1.95 bits per heavy atom. The summed E-state index contributed by atoms with van der Waals surface area (Å²) in [5.41, 5.74) is 5.63. The number of hydrogen-bond acceptors (Lipinski definition) is 1. The van der Waals surface area contributed by atoms with E-state index in [0.717, 1.165) is 23.1 Å². The molecule has 1 heterocycles. The Morgan fingerprint density at radius 1 is 0.857 bits per heavy atom. The van der Waals surface area contributed by atoms with Crippen LogP contribution in [0.25, 0.3) is 0 Å². The minimum absolute atomic E-state index is 0.564. The summed E-state index contributed by atoms with van der Waals surface area (Å²) in [4.78, 5) is 4.55. The van der Waals surface area contributed by atoms with E-state index in [9.17, 15) is 0 Å². The molecule has 0 aliphatic carbocycles. The van der Waals surface area contributed by atoms with E-state index in [0.29, 0.717) is 11.8 Å². The highest BCUT2D eigenvalue weighted by atomic mass is 79.9. The van der Waals surface area contributed by atoms with Crippen LogP contribution in [0, 0.1) is 0 Å². The molecule has 21 heavy (non-hydrogen) atoms. The molecule has 0 aliphatic rings. The van der Waals surface area contributed by atoms with Crippen molar-refractivity contribution in [1.82, 2.24) is 4.98 Å². The summed E-state index contributed by atoms with van der Waals surface area (Å²) in [5, 5.41) is 0. The first-order chi connectivity index (χ1) is 9.99. The fourth-order valence-corrected chi connectivity index (χ4v) is 3.22. The average Bonchev–Trinajstić information content (AvgIpc) is 2.44. The molecule has 2 rings (SSSR count). The lowest BCUT2D eigenvalue weighted by atomic mass is 9.86. The molecule has 0 saturated heterocycles. The first-order valence-electron chi connectivity index (χ1n) is 7.72. The second-order valence-corrected chi connectivity index (χ2v) is 6.99. The van der Waals surface area contributed by atoms with Gasteiger partial charge in [0.15, 0.2) is 0 Å². The summed E-state index contributed by atoms with van der Waals surface area (Å²) in [6.45, 7) is 9.11. The highest BCUT2D eigenvalue weighted by Crippen LogP contribution is 2.28. The van der Waals surface area contributed by atoms with Crippen molar-refractivity contribution in [3.05, 3.63) is 63.4 Å². The normalized spacial score (nSPS) is 11.4. The van der Waals surface area contributed by atoms with E-state index in [1.807, 2.05) is 6.07 Å². The van der Waals surface area contributed by atoms with Gasteiger partial charge in [-0.3, -0.25) is 0 Å². The standard InChI is InChI=1S/C19H24BrN/c1-13(2)16-8-6-9-17(14(3)4)18(16)12-11-15-7-5-10-19(20)21-15/h5-10,13-14H,11-12H2,1-4H3. The Balaban J connectivity index is 2.29. The quantitative estimate of drug-likeness (QED) is 0.617. The summed E-state index contributed by atoms with van der Waals surface area (Å²) in [5.74, 6) is 1.13. The number of nitrogens with zero attached hydrogens (tertiary/aromatic N) is 1. The molecule has 2 aromatic rings. The fourth-order valence-electron chi connectivity index (χ4n) is 2.84. The number of pyridine rings is 1. The largest absolute Gasteiger partial charge is 0.246 e. The van der Waals surface area contributed by atoms with Gasteiger partial charge in [0.2, 0.25) is 0 Å². The summed E-state index contributed by atoms with van der Waals surface area (Å²) in [7, 11) is 0. The molecule has 2 heteroatoms. The van der Waals surface area contributed by atoms with Crippen molar-refractivity contribution >= 4 is 15.9 Å². The van der Waals surface area contributed by atoms with Gasteiger partial charge in [0, 0.05) is 5.69 Å². The number of hydrogen-bond donors (Lipinski definition) is 0. The molecule has 1 aromatic heterocycles. The van der Waals surface area contributed by atoms with Crippen molar-refractivity contribution < 1.29 is 0 Å². The van der Waals surface area contributed by atoms with Crippen molar-refractivity contribution in [3.63, 3.8) is 0 Å². The van der Waals surface area contributed by atoms with Gasteiger partial charge in [-0.15, -0.1) is 0 Å². The zero-order chi connectivity index (χ0) is 15.4. The predicted octanol–water partition coefficient (Wildman–Crippen LogP) is 5.88. The lowest BCUT2D eigenvalue weighted by Crippen LogP contribution is -2.05. The van der Waals surface area contributed by atoms with E-state index in [1.54, 1.807) is 0 Å². The summed E-state index contributed by atoms with van der Waals surface area (Å²) < 4.78 is 0.918. The third-order valence-electron chi connectivity index (χ3n) is 3.90. The minimum atomic E-state index is 0.564. The number of benzene rings is 1. The molecular weight excluding hydrogens is 322 g/mol. The Hall–Kier alpha value is -1.15. The van der Waals surface area contributed by atoms with Crippen LogP contribution in [0.2, 0.25) is 0 Å². The topological polar surface area (TPSA) is 12.9 Å². The number of aromatic nitrogens is 1. The van der Waals surface area contributed by atoms with Crippen LogP contribution < -0.4 is 0 Å². The third-order valence-corrected chi connectivity index (χ3v) is 4.34. The van der Waals surface area contributed by atoms with Crippen LogP contribution in [0.1, 0.15) is 61.9 Å². The SMILES string of the molecule is CC(C)c1cccc(C(C)C)c1CCc1cccc(Br)n1. The second-order valence-electron chi connectivity index (χ2n) is 6.18. The monoisotopic (exact) mass is 345 g/mol. The first kappa shape index (κ1) is 16.2. The van der Waals surface area contributed by atoms with E-state index in [1.165, 1.54) is 16.7 Å². The van der Waals surface area contributed by atoms with Crippen molar-refractivity contribution in [2.24, 2.45) is 0 Å². The molecule has 1 aromatic carbocycles. The first-order valence-corrected chi connectivity index (χ1v) is 8.51. The van der Waals surface area contributed by atoms with Gasteiger partial charge >= 0.3 is 0 Å². The van der Waals surface area contributed by atoms with Crippen LogP contribution >= 0.6 is 15.9 Å². The molecule has 0 bridgehead atoms. The van der Waals surface area contributed by atoms with Gasteiger partial charge in [0.25, 0.3) is 0 Å². The maximum absolute atomic E-state index is 4.55. The van der Waals surface area contributed by atoms with Gasteiger partial charge in [-0.1, -0.05) is 52.0 Å². The highest BCUT2D eigenvalue weighted by molar-refractivity contribution is 9.10. The van der Waals surface area contributed by atoms with Crippen LogP contribution in [0.4, 0.5) is 0 Å². The van der Waals surface area contributed by atoms with Gasteiger partial charge < -0.3 is 0 Å². The van der Waals surface area contributed by atoms with Crippen LogP contribution in [0.5, 0.6) is 0 Å². The second kappa shape index (κ2) is 7.22. The zero-order valence-electron chi connectivity index (χ0n) is 13.4. The van der Waals surface area contributed by atoms with Gasteiger partial charge in [-0.05, 0) is 69.4 Å². The minimum Gasteiger partial charge on any atom is -0.246 e. The molecule has 1 nitrogen and oxygen atoms in total. The maximum Gasteiger partial charge on any atom is 0.106 e. The van der Waals surface area contributed by atoms with E-state index in [-0.39, 0.29) is 0 Å². The van der Waals surface area contributed by atoms with Crippen molar-refractivity contribution in [2.75, 3.05) is 0 Å². The van der Waals surface area contributed by atoms with Crippen LogP contribution in [0.15, 0.2) is 41.0 Å². The fraction of sp³-hybridized carbons (Fsp3) is 0.421. The molecule has 0 saturated carbocycles. The van der Waals surface area contributed by atoms with Crippen molar-refractivity contribution in [1.29, 1.82) is 0 Å². The number of aryl methyl sites for hydroxylation is 1. The molecule has 0 N–H and O–H groups in total. The van der Waals surface area contributed by atoms with Gasteiger partial charge in [-0.25, -0.2) is 4.98 Å². The molecule has 0 fully saturated rings. The number of rotatable bonds is 5. The summed E-state index contributed by atoms with van der Waals surface area (Å²) in [6.07, 6.45) is 2.05. The maximum atomic E-state index is 4.55. The molecule has 0 amide bonds. The van der Waals surface area contributed by atoms with E-state index in [2.05, 4.69) is 78.9 Å². The molecular formula is C19H24BrN. The van der Waals surface area contributed by atoms with Crippen LogP contribution in [-0.2, 0) is 12.8 Å². The lowest BCUT2D eigenvalue weighted by Gasteiger charge is -2.19. The van der Waals surface area contributed by atoms with Gasteiger partial charge in [0.1, 0.15) is 4.60 Å². The summed E-state index contributed by atoms with van der Waals surface area (Å²) in [6, 6.07) is 12.9. The third kappa shape index (κ3) is 4.16. The summed E-state index contributed by atoms with van der Waals surface area (Å²) >= 11 is 3.45. The van der Waals surface area contributed by atoms with E-state index in [4.69, 9.17) is 0 Å². The predicted molar refractivity (Wildman–Crippen MR) is 94.0 cm³/mol. The number of halogens is 1. The van der Waals surface area contributed by atoms with E-state index < -0.39 is 0 Å². The molecule has 0 unspecified atom stereocenters. The molecule has 0 radical (unpaired) electrons. The highest BCUT2D eigenvalue weighted by Gasteiger charge is 2.13. The van der Waals surface area contributed by atoms with E-state index >= 15 is 0 Å². The zero-order valence-corrected chi connectivity index (χ0v) is 14.9. The van der Waals surface area contributed by atoms with Crippen LogP contribution in [0.3, 0.4) is 0 Å². The van der Waals surface area contributed by atoms with Crippen LogP contribution in [-0.4, -0.2) is 4.98 Å². The molecule has 0 spiro atoms. The Kier molecular flexibility index (Phi) is 5.58. The average molecular weight is 346 g/mol. The lowest BCUT2D eigenvalue weighted by molar-refractivity contribution is 0.778. The Labute approximate surface area is 136 Å². The Bertz CT molecular complexity index is 576. The Morgan fingerprint density at radius 2 is 1.43 bits per heavy atom. The molecule has 112 valence electrons. The van der Waals surface area contributed by atoms with Gasteiger partial charge in [0.05, 0.1) is 0 Å². The molecule has 0 aliphatic heterocycles. The van der Waals surface area contributed by atoms with Crippen molar-refractivity contribution in [3.8, 4) is 0 Å². The van der Waals surface area contributed by atoms with Gasteiger partial charge in [-0.2, -0.15) is 0 Å².